The van der Waals surface area contributed by atoms with Crippen LogP contribution in [-0.4, -0.2) is 34.0 Å². The summed E-state index contributed by atoms with van der Waals surface area (Å²) in [5.41, 5.74) is 1.79. The zero-order valence-electron chi connectivity index (χ0n) is 15.0. The summed E-state index contributed by atoms with van der Waals surface area (Å²) < 4.78 is 9.03. The molecule has 0 saturated carbocycles. The number of benzene rings is 1. The molecule has 3 aromatic rings. The monoisotopic (exact) mass is 430 g/mol. The second-order valence-corrected chi connectivity index (χ2v) is 6.87. The van der Waals surface area contributed by atoms with E-state index in [1.165, 1.54) is 22.9 Å². The predicted molar refractivity (Wildman–Crippen MR) is 107 cm³/mol. The van der Waals surface area contributed by atoms with Gasteiger partial charge in [-0.05, 0) is 31.2 Å². The van der Waals surface area contributed by atoms with Crippen molar-refractivity contribution in [3.8, 4) is 5.69 Å². The average molecular weight is 431 g/mol. The van der Waals surface area contributed by atoms with Crippen LogP contribution in [0.15, 0.2) is 57.9 Å². The Morgan fingerprint density at radius 1 is 1.26 bits per heavy atom. The fourth-order valence-corrected chi connectivity index (χ4v) is 3.00. The van der Waals surface area contributed by atoms with Crippen molar-refractivity contribution in [2.45, 2.75) is 13.5 Å². The predicted octanol–water partition coefficient (Wildman–Crippen LogP) is 3.00. The minimum atomic E-state index is -0.322. The molecule has 7 nitrogen and oxygen atoms in total. The van der Waals surface area contributed by atoms with Crippen molar-refractivity contribution in [3.05, 3.63) is 74.7 Å². The van der Waals surface area contributed by atoms with Crippen LogP contribution < -0.4 is 10.9 Å². The van der Waals surface area contributed by atoms with Crippen LogP contribution in [0.4, 0.5) is 5.82 Å². The second kappa shape index (κ2) is 8.32. The Bertz CT molecular complexity index is 1030. The van der Waals surface area contributed by atoms with E-state index in [2.05, 4.69) is 26.3 Å². The number of nitrogens with one attached hydrogen (secondary N) is 1. The number of aryl methyl sites for hydroxylation is 1. The normalized spacial score (nSPS) is 10.8. The van der Waals surface area contributed by atoms with E-state index >= 15 is 0 Å². The Hall–Kier alpha value is -2.71. The lowest BCUT2D eigenvalue weighted by molar-refractivity contribution is 0.102. The molecule has 1 N–H and O–H groups in total. The van der Waals surface area contributed by atoms with Gasteiger partial charge >= 0.3 is 0 Å². The van der Waals surface area contributed by atoms with Crippen LogP contribution in [0.3, 0.4) is 0 Å². The summed E-state index contributed by atoms with van der Waals surface area (Å²) in [6.45, 7) is 2.63. The first kappa shape index (κ1) is 19.1. The van der Waals surface area contributed by atoms with Crippen molar-refractivity contribution < 1.29 is 9.53 Å². The molecule has 1 amide bonds. The molecule has 0 radical (unpaired) electrons. The lowest BCUT2D eigenvalue weighted by Gasteiger charge is -2.11. The van der Waals surface area contributed by atoms with Crippen LogP contribution in [0.2, 0.25) is 0 Å². The number of amides is 1. The standard InChI is InChI=1S/C19H19BrN4O3/c1-13-10-17(24(22-13)16-5-3-4-15(20)11-16)21-19(26)14-6-7-18(25)23(12-14)8-9-27-2/h3-7,10-12H,8-9H2,1-2H3,(H,21,26). The number of carbonyl (C=O) groups is 1. The Morgan fingerprint density at radius 2 is 2.07 bits per heavy atom. The van der Waals surface area contributed by atoms with Gasteiger partial charge in [0.15, 0.2) is 0 Å². The van der Waals surface area contributed by atoms with Crippen molar-refractivity contribution in [1.82, 2.24) is 14.3 Å². The van der Waals surface area contributed by atoms with Crippen LogP contribution in [0, 0.1) is 6.92 Å². The van der Waals surface area contributed by atoms with Crippen LogP contribution >= 0.6 is 15.9 Å². The van der Waals surface area contributed by atoms with E-state index in [0.29, 0.717) is 24.5 Å². The molecule has 0 saturated heterocycles. The smallest absolute Gasteiger partial charge is 0.258 e. The highest BCUT2D eigenvalue weighted by Gasteiger charge is 2.13. The molecule has 140 valence electrons. The van der Waals surface area contributed by atoms with Gasteiger partial charge < -0.3 is 14.6 Å². The highest BCUT2D eigenvalue weighted by Crippen LogP contribution is 2.21. The maximum atomic E-state index is 12.7. The fraction of sp³-hybridized carbons (Fsp3) is 0.211. The van der Waals surface area contributed by atoms with E-state index in [9.17, 15) is 9.59 Å². The van der Waals surface area contributed by atoms with E-state index in [1.807, 2.05) is 31.2 Å². The Labute approximate surface area is 164 Å². The van der Waals surface area contributed by atoms with Gasteiger partial charge in [0.2, 0.25) is 0 Å². The summed E-state index contributed by atoms with van der Waals surface area (Å²) in [5, 5.41) is 7.32. The SMILES string of the molecule is COCCn1cc(C(=O)Nc2cc(C)nn2-c2cccc(Br)c2)ccc1=O. The molecule has 0 atom stereocenters. The van der Waals surface area contributed by atoms with Crippen molar-refractivity contribution >= 4 is 27.7 Å². The molecule has 0 bridgehead atoms. The maximum Gasteiger partial charge on any atom is 0.258 e. The molecule has 0 aliphatic carbocycles. The number of anilines is 1. The Kier molecular flexibility index (Phi) is 5.88. The minimum absolute atomic E-state index is 0.182. The van der Waals surface area contributed by atoms with E-state index in [1.54, 1.807) is 17.9 Å². The summed E-state index contributed by atoms with van der Waals surface area (Å²) in [6.07, 6.45) is 1.53. The summed E-state index contributed by atoms with van der Waals surface area (Å²) in [6, 6.07) is 12.3. The summed E-state index contributed by atoms with van der Waals surface area (Å²) in [7, 11) is 1.56. The fourth-order valence-electron chi connectivity index (χ4n) is 2.61. The van der Waals surface area contributed by atoms with Gasteiger partial charge in [-0.2, -0.15) is 5.10 Å². The Morgan fingerprint density at radius 3 is 2.81 bits per heavy atom. The van der Waals surface area contributed by atoms with Gasteiger partial charge in [-0.25, -0.2) is 4.68 Å². The van der Waals surface area contributed by atoms with Crippen molar-refractivity contribution in [2.24, 2.45) is 0 Å². The highest BCUT2D eigenvalue weighted by molar-refractivity contribution is 9.10. The number of carbonyl (C=O) groups excluding carboxylic acids is 1. The molecule has 2 heterocycles. The van der Waals surface area contributed by atoms with Gasteiger partial charge in [0, 0.05) is 36.5 Å². The third-order valence-corrected chi connectivity index (χ3v) is 4.40. The minimum Gasteiger partial charge on any atom is -0.383 e. The molecule has 2 aromatic heterocycles. The number of nitrogens with zero attached hydrogens (tertiary/aromatic N) is 3. The lowest BCUT2D eigenvalue weighted by atomic mass is 10.2. The number of rotatable bonds is 6. The first-order valence-electron chi connectivity index (χ1n) is 8.31. The number of hydrogen-bond donors (Lipinski definition) is 1. The molecular weight excluding hydrogens is 412 g/mol. The van der Waals surface area contributed by atoms with Crippen LogP contribution in [0.1, 0.15) is 16.1 Å². The molecule has 0 aliphatic heterocycles. The molecule has 27 heavy (non-hydrogen) atoms. The van der Waals surface area contributed by atoms with Gasteiger partial charge in [0.25, 0.3) is 11.5 Å². The second-order valence-electron chi connectivity index (χ2n) is 5.96. The maximum absolute atomic E-state index is 12.7. The van der Waals surface area contributed by atoms with Gasteiger partial charge in [-0.1, -0.05) is 22.0 Å². The van der Waals surface area contributed by atoms with Crippen LogP contribution in [-0.2, 0) is 11.3 Å². The highest BCUT2D eigenvalue weighted by atomic mass is 79.9. The van der Waals surface area contributed by atoms with Gasteiger partial charge in [0.05, 0.1) is 23.6 Å². The van der Waals surface area contributed by atoms with Gasteiger partial charge in [-0.3, -0.25) is 9.59 Å². The van der Waals surface area contributed by atoms with Gasteiger partial charge in [-0.15, -0.1) is 0 Å². The molecule has 1 aromatic carbocycles. The molecule has 0 spiro atoms. The summed E-state index contributed by atoms with van der Waals surface area (Å²) >= 11 is 3.44. The van der Waals surface area contributed by atoms with Crippen molar-refractivity contribution in [3.63, 3.8) is 0 Å². The molecule has 0 unspecified atom stereocenters. The first-order chi connectivity index (χ1) is 13.0. The number of aromatic nitrogens is 3. The number of halogens is 1. The average Bonchev–Trinajstić information content (AvgIpc) is 3.01. The quantitative estimate of drug-likeness (QED) is 0.651. The van der Waals surface area contributed by atoms with Crippen molar-refractivity contribution in [1.29, 1.82) is 0 Å². The number of hydrogen-bond acceptors (Lipinski definition) is 4. The van der Waals surface area contributed by atoms with Crippen LogP contribution in [0.5, 0.6) is 0 Å². The first-order valence-corrected chi connectivity index (χ1v) is 9.10. The number of pyridine rings is 1. The van der Waals surface area contributed by atoms with Crippen molar-refractivity contribution in [2.75, 3.05) is 19.0 Å². The molecule has 3 rings (SSSR count). The van der Waals surface area contributed by atoms with Crippen LogP contribution in [0.25, 0.3) is 5.69 Å². The number of methoxy groups -OCH3 is 1. The molecule has 0 aliphatic rings. The summed E-state index contributed by atoms with van der Waals surface area (Å²) in [5.74, 6) is 0.225. The lowest BCUT2D eigenvalue weighted by Crippen LogP contribution is -2.24. The van der Waals surface area contributed by atoms with E-state index < -0.39 is 0 Å². The largest absolute Gasteiger partial charge is 0.383 e. The zero-order chi connectivity index (χ0) is 19.4. The van der Waals surface area contributed by atoms with E-state index in [4.69, 9.17) is 4.74 Å². The van der Waals surface area contributed by atoms with E-state index in [0.717, 1.165) is 15.9 Å². The topological polar surface area (TPSA) is 78.2 Å². The molecule has 8 heteroatoms. The zero-order valence-corrected chi connectivity index (χ0v) is 16.6. The van der Waals surface area contributed by atoms with E-state index in [-0.39, 0.29) is 11.5 Å². The third-order valence-electron chi connectivity index (χ3n) is 3.91. The number of ether oxygens (including phenoxy) is 1. The Balaban J connectivity index is 1.88. The third kappa shape index (κ3) is 4.53. The molecular formula is C19H19BrN4O3. The molecule has 0 fully saturated rings. The van der Waals surface area contributed by atoms with Gasteiger partial charge in [0.1, 0.15) is 5.82 Å². The summed E-state index contributed by atoms with van der Waals surface area (Å²) in [4.78, 5) is 24.6.